The van der Waals surface area contributed by atoms with Gasteiger partial charge in [-0.25, -0.2) is 9.97 Å². The molecule has 4 rings (SSSR count). The van der Waals surface area contributed by atoms with Crippen LogP contribution in [0.1, 0.15) is 0 Å². The topological polar surface area (TPSA) is 67.9 Å². The number of aromatic amines is 1. The molecule has 0 bridgehead atoms. The van der Waals surface area contributed by atoms with Crippen molar-refractivity contribution in [3.63, 3.8) is 0 Å². The average Bonchev–Trinajstić information content (AvgIpc) is 2.63. The summed E-state index contributed by atoms with van der Waals surface area (Å²) in [5.41, 5.74) is 1.27. The highest BCUT2D eigenvalue weighted by atomic mass is 16.5. The van der Waals surface area contributed by atoms with Crippen molar-refractivity contribution >= 4 is 10.9 Å². The van der Waals surface area contributed by atoms with E-state index in [2.05, 4.69) is 15.0 Å². The molecular formula is C19H13N3O2. The molecule has 0 aliphatic rings. The molecule has 2 aromatic heterocycles. The number of nitrogens with one attached hydrogen (secondary N) is 1. The van der Waals surface area contributed by atoms with E-state index in [-0.39, 0.29) is 5.56 Å². The summed E-state index contributed by atoms with van der Waals surface area (Å²) in [6.07, 6.45) is 1.67. The van der Waals surface area contributed by atoms with Crippen LogP contribution in [0.5, 0.6) is 11.6 Å². The standard InChI is InChI=1S/C19H13N3O2/c23-19-15-8-1-2-9-16(15)21-18(22-19)13-6-5-7-14(12-13)24-17-10-3-4-11-20-17/h1-12H,(H,21,22,23). The Bertz CT molecular complexity index is 1060. The maximum absolute atomic E-state index is 12.2. The lowest BCUT2D eigenvalue weighted by atomic mass is 10.2. The predicted molar refractivity (Wildman–Crippen MR) is 92.1 cm³/mol. The summed E-state index contributed by atoms with van der Waals surface area (Å²) < 4.78 is 5.73. The molecule has 116 valence electrons. The first kappa shape index (κ1) is 14.1. The molecule has 0 spiro atoms. The summed E-state index contributed by atoms with van der Waals surface area (Å²) in [6.45, 7) is 0. The van der Waals surface area contributed by atoms with Crippen molar-refractivity contribution in [3.8, 4) is 23.0 Å². The maximum Gasteiger partial charge on any atom is 0.259 e. The van der Waals surface area contributed by atoms with Crippen LogP contribution in [0.25, 0.3) is 22.3 Å². The van der Waals surface area contributed by atoms with Crippen molar-refractivity contribution < 1.29 is 4.74 Å². The minimum Gasteiger partial charge on any atom is -0.439 e. The number of hydrogen-bond acceptors (Lipinski definition) is 4. The van der Waals surface area contributed by atoms with Gasteiger partial charge in [0.2, 0.25) is 5.88 Å². The molecule has 0 amide bonds. The van der Waals surface area contributed by atoms with E-state index in [0.29, 0.717) is 28.4 Å². The summed E-state index contributed by atoms with van der Waals surface area (Å²) in [5, 5.41) is 0.571. The fourth-order valence-electron chi connectivity index (χ4n) is 2.46. The molecule has 0 saturated carbocycles. The highest BCUT2D eigenvalue weighted by Crippen LogP contribution is 2.24. The number of H-pyrrole nitrogens is 1. The molecule has 0 aliphatic carbocycles. The normalized spacial score (nSPS) is 10.7. The minimum atomic E-state index is -0.161. The van der Waals surface area contributed by atoms with E-state index in [9.17, 15) is 4.79 Å². The van der Waals surface area contributed by atoms with E-state index in [4.69, 9.17) is 4.74 Å². The molecule has 24 heavy (non-hydrogen) atoms. The quantitative estimate of drug-likeness (QED) is 0.625. The van der Waals surface area contributed by atoms with Gasteiger partial charge in [-0.15, -0.1) is 0 Å². The third-order valence-electron chi connectivity index (χ3n) is 3.58. The summed E-state index contributed by atoms with van der Waals surface area (Å²) in [4.78, 5) is 23.7. The van der Waals surface area contributed by atoms with Crippen molar-refractivity contribution in [2.75, 3.05) is 0 Å². The largest absolute Gasteiger partial charge is 0.439 e. The molecule has 1 N–H and O–H groups in total. The minimum absolute atomic E-state index is 0.161. The lowest BCUT2D eigenvalue weighted by molar-refractivity contribution is 0.463. The van der Waals surface area contributed by atoms with Crippen LogP contribution in [0.15, 0.2) is 77.7 Å². The van der Waals surface area contributed by atoms with E-state index >= 15 is 0 Å². The summed E-state index contributed by atoms with van der Waals surface area (Å²) in [6, 6.07) is 20.1. The van der Waals surface area contributed by atoms with Gasteiger partial charge in [0.25, 0.3) is 5.56 Å². The number of para-hydroxylation sites is 1. The molecule has 2 heterocycles. The van der Waals surface area contributed by atoms with Crippen LogP contribution in [-0.4, -0.2) is 15.0 Å². The van der Waals surface area contributed by atoms with E-state index < -0.39 is 0 Å². The summed E-state index contributed by atoms with van der Waals surface area (Å²) in [7, 11) is 0. The van der Waals surface area contributed by atoms with Gasteiger partial charge in [0.15, 0.2) is 0 Å². The second kappa shape index (κ2) is 5.96. The lowest BCUT2D eigenvalue weighted by Gasteiger charge is -2.07. The van der Waals surface area contributed by atoms with Gasteiger partial charge in [0.05, 0.1) is 10.9 Å². The highest BCUT2D eigenvalue weighted by Gasteiger charge is 2.07. The number of ether oxygens (including phenoxy) is 1. The zero-order valence-electron chi connectivity index (χ0n) is 12.6. The number of pyridine rings is 1. The van der Waals surface area contributed by atoms with E-state index in [1.54, 1.807) is 18.3 Å². The van der Waals surface area contributed by atoms with Crippen LogP contribution in [0.4, 0.5) is 0 Å². The van der Waals surface area contributed by atoms with Crippen LogP contribution in [0.2, 0.25) is 0 Å². The van der Waals surface area contributed by atoms with Gasteiger partial charge < -0.3 is 9.72 Å². The van der Waals surface area contributed by atoms with Gasteiger partial charge in [-0.2, -0.15) is 0 Å². The third kappa shape index (κ3) is 2.75. The van der Waals surface area contributed by atoms with Crippen LogP contribution in [-0.2, 0) is 0 Å². The smallest absolute Gasteiger partial charge is 0.259 e. The molecule has 5 heteroatoms. The predicted octanol–water partition coefficient (Wildman–Crippen LogP) is 3.78. The molecule has 2 aromatic carbocycles. The maximum atomic E-state index is 12.2. The number of rotatable bonds is 3. The van der Waals surface area contributed by atoms with Gasteiger partial charge in [0.1, 0.15) is 11.6 Å². The zero-order chi connectivity index (χ0) is 16.4. The number of nitrogens with zero attached hydrogens (tertiary/aromatic N) is 2. The Morgan fingerprint density at radius 3 is 2.67 bits per heavy atom. The molecule has 5 nitrogen and oxygen atoms in total. The Morgan fingerprint density at radius 1 is 0.917 bits per heavy atom. The Morgan fingerprint density at radius 2 is 1.79 bits per heavy atom. The Hall–Kier alpha value is -3.47. The summed E-state index contributed by atoms with van der Waals surface area (Å²) in [5.74, 6) is 1.64. The van der Waals surface area contributed by atoms with E-state index in [1.807, 2.05) is 54.6 Å². The van der Waals surface area contributed by atoms with Crippen LogP contribution in [0, 0.1) is 0 Å². The van der Waals surface area contributed by atoms with Gasteiger partial charge in [-0.05, 0) is 30.3 Å². The van der Waals surface area contributed by atoms with Crippen molar-refractivity contribution in [2.24, 2.45) is 0 Å². The second-order valence-electron chi connectivity index (χ2n) is 5.23. The Balaban J connectivity index is 1.75. The Kier molecular flexibility index (Phi) is 3.51. The zero-order valence-corrected chi connectivity index (χ0v) is 12.6. The number of fused-ring (bicyclic) bond motifs is 1. The monoisotopic (exact) mass is 315 g/mol. The van der Waals surface area contributed by atoms with Gasteiger partial charge in [-0.1, -0.05) is 30.3 Å². The van der Waals surface area contributed by atoms with E-state index in [0.717, 1.165) is 5.56 Å². The highest BCUT2D eigenvalue weighted by molar-refractivity contribution is 5.79. The lowest BCUT2D eigenvalue weighted by Crippen LogP contribution is -2.09. The second-order valence-corrected chi connectivity index (χ2v) is 5.23. The average molecular weight is 315 g/mol. The van der Waals surface area contributed by atoms with Crippen molar-refractivity contribution in [2.45, 2.75) is 0 Å². The van der Waals surface area contributed by atoms with Gasteiger partial charge in [0, 0.05) is 17.8 Å². The summed E-state index contributed by atoms with van der Waals surface area (Å²) >= 11 is 0. The molecule has 0 unspecified atom stereocenters. The molecule has 4 aromatic rings. The van der Waals surface area contributed by atoms with Crippen LogP contribution >= 0.6 is 0 Å². The van der Waals surface area contributed by atoms with Crippen LogP contribution < -0.4 is 10.3 Å². The van der Waals surface area contributed by atoms with Crippen molar-refractivity contribution in [1.29, 1.82) is 0 Å². The Labute approximate surface area is 137 Å². The first-order valence-corrected chi connectivity index (χ1v) is 7.48. The van der Waals surface area contributed by atoms with E-state index in [1.165, 1.54) is 0 Å². The fourth-order valence-corrected chi connectivity index (χ4v) is 2.46. The van der Waals surface area contributed by atoms with Gasteiger partial charge in [-0.3, -0.25) is 4.79 Å². The number of aromatic nitrogens is 3. The van der Waals surface area contributed by atoms with Crippen molar-refractivity contribution in [1.82, 2.24) is 15.0 Å². The third-order valence-corrected chi connectivity index (χ3v) is 3.58. The molecular weight excluding hydrogens is 302 g/mol. The number of hydrogen-bond donors (Lipinski definition) is 1. The molecule has 0 atom stereocenters. The van der Waals surface area contributed by atoms with Crippen LogP contribution in [0.3, 0.4) is 0 Å². The molecule has 0 fully saturated rings. The molecule has 0 radical (unpaired) electrons. The molecule has 0 saturated heterocycles. The fraction of sp³-hybridized carbons (Fsp3) is 0. The van der Waals surface area contributed by atoms with Gasteiger partial charge >= 0.3 is 0 Å². The number of benzene rings is 2. The first-order valence-electron chi connectivity index (χ1n) is 7.48. The van der Waals surface area contributed by atoms with Crippen molar-refractivity contribution in [3.05, 3.63) is 83.3 Å². The SMILES string of the molecule is O=c1[nH]c(-c2cccc(Oc3ccccn3)c2)nc2ccccc12. The molecule has 0 aliphatic heterocycles. The first-order chi connectivity index (χ1) is 11.8.